The fourth-order valence-electron chi connectivity index (χ4n) is 2.55. The van der Waals surface area contributed by atoms with Crippen LogP contribution in [0.5, 0.6) is 0 Å². The van der Waals surface area contributed by atoms with Crippen LogP contribution in [0.1, 0.15) is 25.0 Å². The summed E-state index contributed by atoms with van der Waals surface area (Å²) in [6, 6.07) is 4.41. The highest BCUT2D eigenvalue weighted by molar-refractivity contribution is 5.75. The maximum absolute atomic E-state index is 3.57. The molecule has 1 heterocycles. The molecule has 16 heavy (non-hydrogen) atoms. The first kappa shape index (κ1) is 11.3. The SMILES string of the molecule is Cc1ccc2c(c1C)N(C)CC(C)(C)CN2. The summed E-state index contributed by atoms with van der Waals surface area (Å²) in [5.74, 6) is 0. The van der Waals surface area contributed by atoms with E-state index in [2.05, 4.69) is 57.1 Å². The van der Waals surface area contributed by atoms with Crippen molar-refractivity contribution in [2.45, 2.75) is 27.7 Å². The van der Waals surface area contributed by atoms with Crippen LogP contribution in [0, 0.1) is 19.3 Å². The van der Waals surface area contributed by atoms with Gasteiger partial charge in [0.05, 0.1) is 11.4 Å². The average molecular weight is 218 g/mol. The van der Waals surface area contributed by atoms with Crippen LogP contribution in [0.25, 0.3) is 0 Å². The molecular weight excluding hydrogens is 196 g/mol. The topological polar surface area (TPSA) is 15.3 Å². The minimum Gasteiger partial charge on any atom is -0.383 e. The molecule has 0 saturated carbocycles. The standard InChI is InChI=1S/C14H22N2/c1-10-6-7-12-13(11(10)2)16(5)9-14(3,4)8-15-12/h6-7,15H,8-9H2,1-5H3. The molecule has 0 bridgehead atoms. The molecule has 1 aromatic carbocycles. The number of benzene rings is 1. The number of anilines is 2. The quantitative estimate of drug-likeness (QED) is 0.719. The lowest BCUT2D eigenvalue weighted by atomic mass is 9.93. The molecule has 2 rings (SSSR count). The van der Waals surface area contributed by atoms with Gasteiger partial charge in [-0.3, -0.25) is 0 Å². The van der Waals surface area contributed by atoms with Crippen LogP contribution in [0.3, 0.4) is 0 Å². The van der Waals surface area contributed by atoms with Crippen LogP contribution >= 0.6 is 0 Å². The molecule has 1 aliphatic rings. The van der Waals surface area contributed by atoms with E-state index in [4.69, 9.17) is 0 Å². The number of hydrogen-bond acceptors (Lipinski definition) is 2. The number of hydrogen-bond donors (Lipinski definition) is 1. The number of nitrogens with one attached hydrogen (secondary N) is 1. The van der Waals surface area contributed by atoms with Gasteiger partial charge in [-0.05, 0) is 36.5 Å². The van der Waals surface area contributed by atoms with Crippen molar-refractivity contribution in [1.82, 2.24) is 0 Å². The van der Waals surface area contributed by atoms with Crippen molar-refractivity contribution < 1.29 is 0 Å². The maximum atomic E-state index is 3.57. The van der Waals surface area contributed by atoms with E-state index >= 15 is 0 Å². The Morgan fingerprint density at radius 3 is 2.62 bits per heavy atom. The number of rotatable bonds is 0. The summed E-state index contributed by atoms with van der Waals surface area (Å²) in [4.78, 5) is 2.39. The highest BCUT2D eigenvalue weighted by atomic mass is 15.2. The lowest BCUT2D eigenvalue weighted by Crippen LogP contribution is -2.33. The smallest absolute Gasteiger partial charge is 0.0631 e. The summed E-state index contributed by atoms with van der Waals surface area (Å²) in [6.07, 6.45) is 0. The Labute approximate surface area is 98.7 Å². The number of fused-ring (bicyclic) bond motifs is 1. The molecular formula is C14H22N2. The van der Waals surface area contributed by atoms with Gasteiger partial charge in [0, 0.05) is 20.1 Å². The summed E-state index contributed by atoms with van der Waals surface area (Å²) in [5, 5.41) is 3.57. The molecule has 0 atom stereocenters. The van der Waals surface area contributed by atoms with Crippen molar-refractivity contribution >= 4 is 11.4 Å². The Hall–Kier alpha value is -1.18. The summed E-state index contributed by atoms with van der Waals surface area (Å²) < 4.78 is 0. The molecule has 1 aromatic rings. The molecule has 1 aliphatic heterocycles. The Morgan fingerprint density at radius 1 is 1.25 bits per heavy atom. The summed E-state index contributed by atoms with van der Waals surface area (Å²) >= 11 is 0. The van der Waals surface area contributed by atoms with E-state index in [1.807, 2.05) is 0 Å². The number of aryl methyl sites for hydroxylation is 1. The van der Waals surface area contributed by atoms with Gasteiger partial charge in [0.1, 0.15) is 0 Å². The summed E-state index contributed by atoms with van der Waals surface area (Å²) in [7, 11) is 2.19. The Bertz CT molecular complexity index is 407. The second-order valence-electron chi connectivity index (χ2n) is 5.78. The molecule has 0 radical (unpaired) electrons. The van der Waals surface area contributed by atoms with Gasteiger partial charge in [-0.2, -0.15) is 0 Å². The average Bonchev–Trinajstić information content (AvgIpc) is 2.29. The van der Waals surface area contributed by atoms with Crippen molar-refractivity contribution in [3.63, 3.8) is 0 Å². The van der Waals surface area contributed by atoms with Crippen LogP contribution < -0.4 is 10.2 Å². The lowest BCUT2D eigenvalue weighted by Gasteiger charge is -2.28. The molecule has 88 valence electrons. The van der Waals surface area contributed by atoms with Crippen LogP contribution in [-0.2, 0) is 0 Å². The molecule has 0 fully saturated rings. The first-order chi connectivity index (χ1) is 7.41. The predicted octanol–water partition coefficient (Wildman–Crippen LogP) is 3.19. The van der Waals surface area contributed by atoms with Gasteiger partial charge in [-0.1, -0.05) is 19.9 Å². The Balaban J connectivity index is 2.50. The summed E-state index contributed by atoms with van der Waals surface area (Å²) in [5.41, 5.74) is 5.72. The van der Waals surface area contributed by atoms with Crippen molar-refractivity contribution in [2.75, 3.05) is 30.4 Å². The third-order valence-electron chi connectivity index (χ3n) is 3.51. The molecule has 0 aliphatic carbocycles. The van der Waals surface area contributed by atoms with E-state index in [1.165, 1.54) is 22.5 Å². The monoisotopic (exact) mass is 218 g/mol. The molecule has 0 amide bonds. The van der Waals surface area contributed by atoms with Crippen LogP contribution in [0.15, 0.2) is 12.1 Å². The third kappa shape index (κ3) is 1.89. The van der Waals surface area contributed by atoms with E-state index in [9.17, 15) is 0 Å². The van der Waals surface area contributed by atoms with E-state index in [0.717, 1.165) is 13.1 Å². The molecule has 0 spiro atoms. The summed E-state index contributed by atoms with van der Waals surface area (Å²) in [6.45, 7) is 11.1. The minimum absolute atomic E-state index is 0.314. The maximum Gasteiger partial charge on any atom is 0.0631 e. The second-order valence-corrected chi connectivity index (χ2v) is 5.78. The molecule has 0 saturated heterocycles. The first-order valence-electron chi connectivity index (χ1n) is 5.96. The number of nitrogens with zero attached hydrogens (tertiary/aromatic N) is 1. The van der Waals surface area contributed by atoms with Gasteiger partial charge in [0.15, 0.2) is 0 Å². The Kier molecular flexibility index (Phi) is 2.61. The zero-order chi connectivity index (χ0) is 11.9. The minimum atomic E-state index is 0.314. The van der Waals surface area contributed by atoms with Gasteiger partial charge in [0.25, 0.3) is 0 Å². The molecule has 2 nitrogen and oxygen atoms in total. The molecule has 2 heteroatoms. The Morgan fingerprint density at radius 2 is 1.94 bits per heavy atom. The molecule has 1 N–H and O–H groups in total. The zero-order valence-corrected chi connectivity index (χ0v) is 11.0. The van der Waals surface area contributed by atoms with Crippen molar-refractivity contribution in [3.8, 4) is 0 Å². The van der Waals surface area contributed by atoms with Gasteiger partial charge in [-0.15, -0.1) is 0 Å². The van der Waals surface area contributed by atoms with Gasteiger partial charge >= 0.3 is 0 Å². The highest BCUT2D eigenvalue weighted by Crippen LogP contribution is 2.36. The normalized spacial score (nSPS) is 18.7. The molecule has 0 unspecified atom stereocenters. The van der Waals surface area contributed by atoms with Crippen LogP contribution in [-0.4, -0.2) is 20.1 Å². The van der Waals surface area contributed by atoms with E-state index in [1.54, 1.807) is 0 Å². The van der Waals surface area contributed by atoms with Gasteiger partial charge < -0.3 is 10.2 Å². The van der Waals surface area contributed by atoms with Crippen LogP contribution in [0.2, 0.25) is 0 Å². The highest BCUT2D eigenvalue weighted by Gasteiger charge is 2.26. The third-order valence-corrected chi connectivity index (χ3v) is 3.51. The zero-order valence-electron chi connectivity index (χ0n) is 11.0. The first-order valence-corrected chi connectivity index (χ1v) is 5.96. The predicted molar refractivity (Wildman–Crippen MR) is 71.5 cm³/mol. The van der Waals surface area contributed by atoms with E-state index in [0.29, 0.717) is 5.41 Å². The molecule has 0 aromatic heterocycles. The van der Waals surface area contributed by atoms with Crippen molar-refractivity contribution in [1.29, 1.82) is 0 Å². The van der Waals surface area contributed by atoms with Crippen molar-refractivity contribution in [2.24, 2.45) is 5.41 Å². The van der Waals surface area contributed by atoms with E-state index in [-0.39, 0.29) is 0 Å². The van der Waals surface area contributed by atoms with Crippen LogP contribution in [0.4, 0.5) is 11.4 Å². The lowest BCUT2D eigenvalue weighted by molar-refractivity contribution is 0.402. The van der Waals surface area contributed by atoms with Gasteiger partial charge in [0.2, 0.25) is 0 Å². The van der Waals surface area contributed by atoms with Gasteiger partial charge in [-0.25, -0.2) is 0 Å². The largest absolute Gasteiger partial charge is 0.383 e. The van der Waals surface area contributed by atoms with E-state index < -0.39 is 0 Å². The van der Waals surface area contributed by atoms with Crippen molar-refractivity contribution in [3.05, 3.63) is 23.3 Å². The second kappa shape index (κ2) is 3.69. The fourth-order valence-corrected chi connectivity index (χ4v) is 2.55. The fraction of sp³-hybridized carbons (Fsp3) is 0.571.